The molecule has 0 bridgehead atoms. The lowest BCUT2D eigenvalue weighted by atomic mass is 10.1. The van der Waals surface area contributed by atoms with Crippen molar-refractivity contribution in [1.82, 2.24) is 0 Å². The third-order valence-corrected chi connectivity index (χ3v) is 5.98. The molecule has 0 fully saturated rings. The van der Waals surface area contributed by atoms with E-state index in [0.717, 1.165) is 11.1 Å². The molecule has 2 rings (SSSR count). The molecule has 1 N–H and O–H groups in total. The van der Waals surface area contributed by atoms with Crippen molar-refractivity contribution in [3.63, 3.8) is 0 Å². The summed E-state index contributed by atoms with van der Waals surface area (Å²) in [6.07, 6.45) is 0.797. The molecule has 0 unspecified atom stereocenters. The molecule has 0 heterocycles. The van der Waals surface area contributed by atoms with Crippen LogP contribution in [0.15, 0.2) is 60.7 Å². The smallest absolute Gasteiger partial charge is 0.462 e. The fourth-order valence-corrected chi connectivity index (χ4v) is 4.01. The van der Waals surface area contributed by atoms with Crippen LogP contribution in [0.1, 0.15) is 36.1 Å². The number of carbonyl (C=O) groups is 2. The summed E-state index contributed by atoms with van der Waals surface area (Å²) in [7, 11) is -4.53. The van der Waals surface area contributed by atoms with Crippen LogP contribution in [-0.4, -0.2) is 30.0 Å². The van der Waals surface area contributed by atoms with Gasteiger partial charge in [0.2, 0.25) is 0 Å². The molecule has 0 radical (unpaired) electrons. The summed E-state index contributed by atoms with van der Waals surface area (Å²) < 4.78 is 33.8. The zero-order valence-corrected chi connectivity index (χ0v) is 21.4. The maximum Gasteiger partial charge on any atom is 0.584 e. The fraction of sp³-hybridized carbons (Fsp3) is 0.308. The van der Waals surface area contributed by atoms with Crippen molar-refractivity contribution in [3.8, 4) is 11.5 Å². The topological polar surface area (TPSA) is 108 Å². The number of esters is 2. The van der Waals surface area contributed by atoms with E-state index in [1.165, 1.54) is 0 Å². The number of benzene rings is 2. The second-order valence-electron chi connectivity index (χ2n) is 8.06. The third-order valence-electron chi connectivity index (χ3n) is 5.13. The molecule has 8 nitrogen and oxygen atoms in total. The summed E-state index contributed by atoms with van der Waals surface area (Å²) in [6, 6.07) is 10.1. The summed E-state index contributed by atoms with van der Waals surface area (Å²) in [5.74, 6) is -0.593. The monoisotopic (exact) mass is 502 g/mol. The van der Waals surface area contributed by atoms with Crippen molar-refractivity contribution in [3.05, 3.63) is 83.0 Å². The summed E-state index contributed by atoms with van der Waals surface area (Å²) in [5.41, 5.74) is 3.45. The molecule has 9 heteroatoms. The van der Waals surface area contributed by atoms with Crippen LogP contribution in [0.25, 0.3) is 0 Å². The van der Waals surface area contributed by atoms with Gasteiger partial charge in [-0.1, -0.05) is 37.4 Å². The van der Waals surface area contributed by atoms with E-state index < -0.39 is 19.8 Å². The second kappa shape index (κ2) is 12.4. The van der Waals surface area contributed by atoms with E-state index in [4.69, 9.17) is 18.5 Å². The molecule has 0 saturated heterocycles. The molecule has 0 amide bonds. The zero-order chi connectivity index (χ0) is 26.2. The minimum atomic E-state index is -4.53. The Morgan fingerprint density at radius 3 is 1.51 bits per heavy atom. The lowest BCUT2D eigenvalue weighted by Gasteiger charge is -2.18. The summed E-state index contributed by atoms with van der Waals surface area (Å²) >= 11 is 0. The van der Waals surface area contributed by atoms with Crippen LogP contribution >= 0.6 is 7.82 Å². The van der Waals surface area contributed by atoms with Crippen LogP contribution in [0.3, 0.4) is 0 Å². The third kappa shape index (κ3) is 8.42. The lowest BCUT2D eigenvalue weighted by molar-refractivity contribution is -0.139. The van der Waals surface area contributed by atoms with E-state index in [0.29, 0.717) is 35.1 Å². The van der Waals surface area contributed by atoms with Gasteiger partial charge < -0.3 is 18.5 Å². The molecule has 2 aromatic carbocycles. The summed E-state index contributed by atoms with van der Waals surface area (Å²) in [5, 5.41) is 0. The molecule has 2 aromatic rings. The number of hydrogen-bond acceptors (Lipinski definition) is 7. The number of ether oxygens (including phenoxy) is 2. The van der Waals surface area contributed by atoms with E-state index >= 15 is 0 Å². The van der Waals surface area contributed by atoms with Crippen LogP contribution < -0.4 is 9.05 Å². The van der Waals surface area contributed by atoms with Crippen LogP contribution in [0.4, 0.5) is 0 Å². The molecule has 0 aliphatic heterocycles. The van der Waals surface area contributed by atoms with Crippen molar-refractivity contribution < 1.29 is 37.6 Å². The van der Waals surface area contributed by atoms with Gasteiger partial charge in [-0.05, 0) is 62.1 Å². The predicted molar refractivity (Wildman–Crippen MR) is 132 cm³/mol. The standard InChI is InChI=1S/C26H31O8P/c1-17(2)25(27)31-15-13-21-9-7-11-23(19(21)5)33-35(29,30)34-24-12-8-10-22(20(24)6)14-16-32-26(28)18(3)4/h7-12H,1,3,13-16H2,2,4-6H3,(H,29,30). The summed E-state index contributed by atoms with van der Waals surface area (Å²) in [4.78, 5) is 33.5. The number of phosphoric ester groups is 1. The van der Waals surface area contributed by atoms with Gasteiger partial charge in [-0.25, -0.2) is 14.2 Å². The number of rotatable bonds is 12. The average Bonchev–Trinajstić information content (AvgIpc) is 2.78. The van der Waals surface area contributed by atoms with Gasteiger partial charge in [0.1, 0.15) is 11.5 Å². The van der Waals surface area contributed by atoms with Gasteiger partial charge in [-0.2, -0.15) is 0 Å². The van der Waals surface area contributed by atoms with E-state index in [1.54, 1.807) is 52.0 Å². The van der Waals surface area contributed by atoms with Gasteiger partial charge in [0.25, 0.3) is 0 Å². The van der Waals surface area contributed by atoms with Gasteiger partial charge in [0.05, 0.1) is 13.2 Å². The van der Waals surface area contributed by atoms with Crippen molar-refractivity contribution in [2.45, 2.75) is 40.5 Å². The Labute approximate surface area is 205 Å². The van der Waals surface area contributed by atoms with E-state index in [2.05, 4.69) is 13.2 Å². The average molecular weight is 503 g/mol. The molecule has 0 aliphatic carbocycles. The van der Waals surface area contributed by atoms with E-state index in [-0.39, 0.29) is 24.7 Å². The quantitative estimate of drug-likeness (QED) is 0.240. The molecule has 0 atom stereocenters. The number of carbonyl (C=O) groups excluding carboxylic acids is 2. The van der Waals surface area contributed by atoms with Gasteiger partial charge in [-0.15, -0.1) is 0 Å². The maximum atomic E-state index is 12.8. The first kappa shape index (κ1) is 27.9. The van der Waals surface area contributed by atoms with Crippen molar-refractivity contribution in [1.29, 1.82) is 0 Å². The largest absolute Gasteiger partial charge is 0.584 e. The van der Waals surface area contributed by atoms with Gasteiger partial charge in [0, 0.05) is 24.0 Å². The number of phosphoric acid groups is 1. The predicted octanol–water partition coefficient (Wildman–Crippen LogP) is 5.19. The van der Waals surface area contributed by atoms with E-state index in [1.807, 2.05) is 12.1 Å². The first-order valence-electron chi connectivity index (χ1n) is 11.0. The first-order chi connectivity index (χ1) is 16.4. The highest BCUT2D eigenvalue weighted by molar-refractivity contribution is 7.48. The molecule has 0 aliphatic rings. The lowest BCUT2D eigenvalue weighted by Crippen LogP contribution is -2.09. The minimum Gasteiger partial charge on any atom is -0.462 e. The molecule has 0 aromatic heterocycles. The van der Waals surface area contributed by atoms with Crippen LogP contribution in [0.5, 0.6) is 11.5 Å². The van der Waals surface area contributed by atoms with Crippen molar-refractivity contribution in [2.24, 2.45) is 0 Å². The highest BCUT2D eigenvalue weighted by Gasteiger charge is 2.27. The van der Waals surface area contributed by atoms with Crippen LogP contribution in [0.2, 0.25) is 0 Å². The highest BCUT2D eigenvalue weighted by Crippen LogP contribution is 2.46. The van der Waals surface area contributed by atoms with Crippen LogP contribution in [-0.2, 0) is 36.5 Å². The van der Waals surface area contributed by atoms with Crippen molar-refractivity contribution in [2.75, 3.05) is 13.2 Å². The maximum absolute atomic E-state index is 12.8. The Bertz CT molecular complexity index is 1080. The number of hydrogen-bond donors (Lipinski definition) is 1. The Balaban J connectivity index is 2.07. The van der Waals surface area contributed by atoms with Gasteiger partial charge in [-0.3, -0.25) is 4.89 Å². The normalized spacial score (nSPS) is 10.9. The molecular formula is C26H31O8P. The SMILES string of the molecule is C=C(C)C(=O)OCCc1cccc(OP(=O)(O)Oc2cccc(CCOC(=O)C(=C)C)c2C)c1C. The first-order valence-corrected chi connectivity index (χ1v) is 12.4. The van der Waals surface area contributed by atoms with Gasteiger partial charge >= 0.3 is 19.8 Å². The molecular weight excluding hydrogens is 471 g/mol. The summed E-state index contributed by atoms with van der Waals surface area (Å²) in [6.45, 7) is 14.0. The van der Waals surface area contributed by atoms with E-state index in [9.17, 15) is 19.0 Å². The Hall–Kier alpha value is -3.35. The molecule has 0 saturated carbocycles. The Morgan fingerprint density at radius 2 is 1.17 bits per heavy atom. The van der Waals surface area contributed by atoms with Crippen molar-refractivity contribution >= 4 is 19.8 Å². The molecule has 188 valence electrons. The van der Waals surface area contributed by atoms with Crippen LogP contribution in [0, 0.1) is 13.8 Å². The minimum absolute atomic E-state index is 0.136. The highest BCUT2D eigenvalue weighted by atomic mass is 31.2. The Kier molecular flexibility index (Phi) is 9.87. The molecule has 0 spiro atoms. The second-order valence-corrected chi connectivity index (χ2v) is 9.37. The van der Waals surface area contributed by atoms with Gasteiger partial charge in [0.15, 0.2) is 0 Å². The molecule has 35 heavy (non-hydrogen) atoms. The fourth-order valence-electron chi connectivity index (χ4n) is 3.08. The Morgan fingerprint density at radius 1 is 0.800 bits per heavy atom. The zero-order valence-electron chi connectivity index (χ0n) is 20.5.